The molecule has 0 radical (unpaired) electrons. The van der Waals surface area contributed by atoms with Crippen LogP contribution in [0.5, 0.6) is 5.75 Å². The highest BCUT2D eigenvalue weighted by Crippen LogP contribution is 2.28. The van der Waals surface area contributed by atoms with E-state index in [1.54, 1.807) is 30.0 Å². The molecule has 0 aliphatic heterocycles. The molecule has 1 N–H and O–H groups in total. The van der Waals surface area contributed by atoms with Gasteiger partial charge in [0.2, 0.25) is 0 Å². The summed E-state index contributed by atoms with van der Waals surface area (Å²) in [5.74, 6) is 0.483. The molecule has 0 bridgehead atoms. The summed E-state index contributed by atoms with van der Waals surface area (Å²) in [6.45, 7) is 4.81. The summed E-state index contributed by atoms with van der Waals surface area (Å²) in [5, 5.41) is 9.44. The third-order valence-electron chi connectivity index (χ3n) is 2.82. The zero-order valence-corrected chi connectivity index (χ0v) is 13.9. The largest absolute Gasteiger partial charge is 0.480 e. The van der Waals surface area contributed by atoms with Crippen LogP contribution in [0.1, 0.15) is 20.3 Å². The maximum Gasteiger partial charge on any atom is 0.263 e. The van der Waals surface area contributed by atoms with Gasteiger partial charge in [-0.2, -0.15) is 0 Å². The van der Waals surface area contributed by atoms with Gasteiger partial charge in [0.05, 0.1) is 4.47 Å². The van der Waals surface area contributed by atoms with Crippen LogP contribution in [0.4, 0.5) is 0 Å². The van der Waals surface area contributed by atoms with Crippen molar-refractivity contribution in [3.63, 3.8) is 0 Å². The number of aliphatic hydroxyl groups is 1. The Kier molecular flexibility index (Phi) is 7.34. The summed E-state index contributed by atoms with van der Waals surface area (Å²) >= 11 is 9.22. The van der Waals surface area contributed by atoms with Crippen LogP contribution in [0.25, 0.3) is 0 Å². The molecule has 0 aliphatic rings. The molecule has 0 aromatic heterocycles. The number of ether oxygens (including phenoxy) is 1. The van der Waals surface area contributed by atoms with E-state index in [2.05, 4.69) is 15.9 Å². The highest BCUT2D eigenvalue weighted by Gasteiger charge is 2.21. The van der Waals surface area contributed by atoms with Crippen LogP contribution in [0.15, 0.2) is 22.7 Å². The maximum atomic E-state index is 12.2. The molecule has 1 atom stereocenters. The molecule has 1 amide bonds. The first-order valence-electron chi connectivity index (χ1n) is 6.51. The van der Waals surface area contributed by atoms with Crippen molar-refractivity contribution in [1.82, 2.24) is 4.90 Å². The fourth-order valence-electron chi connectivity index (χ4n) is 1.75. The summed E-state index contributed by atoms with van der Waals surface area (Å²) in [5.41, 5.74) is 0. The van der Waals surface area contributed by atoms with Gasteiger partial charge in [0.25, 0.3) is 5.91 Å². The Balaban J connectivity index is 2.68. The van der Waals surface area contributed by atoms with Gasteiger partial charge in [-0.15, -0.1) is 0 Å². The van der Waals surface area contributed by atoms with Crippen LogP contribution in [-0.2, 0) is 4.79 Å². The smallest absolute Gasteiger partial charge is 0.263 e. The molecule has 0 aliphatic carbocycles. The first kappa shape index (κ1) is 17.3. The van der Waals surface area contributed by atoms with E-state index in [-0.39, 0.29) is 12.5 Å². The van der Waals surface area contributed by atoms with Gasteiger partial charge in [0.15, 0.2) is 6.10 Å². The van der Waals surface area contributed by atoms with Crippen molar-refractivity contribution in [2.45, 2.75) is 26.4 Å². The predicted octanol–water partition coefficient (Wildman–Crippen LogP) is 3.10. The standard InChI is InChI=1S/C14H19BrClNO3/c1-3-17(7-4-8-18)14(19)10(2)20-13-6-5-11(16)9-12(13)15/h5-6,9-10,18H,3-4,7-8H2,1-2H3. The van der Waals surface area contributed by atoms with Crippen LogP contribution in [-0.4, -0.2) is 41.7 Å². The number of nitrogens with zero attached hydrogens (tertiary/aromatic N) is 1. The van der Waals surface area contributed by atoms with E-state index >= 15 is 0 Å². The zero-order valence-electron chi connectivity index (χ0n) is 11.6. The minimum atomic E-state index is -0.592. The molecule has 4 nitrogen and oxygen atoms in total. The fourth-order valence-corrected chi connectivity index (χ4v) is 2.53. The predicted molar refractivity (Wildman–Crippen MR) is 83.2 cm³/mol. The highest BCUT2D eigenvalue weighted by molar-refractivity contribution is 9.10. The van der Waals surface area contributed by atoms with Gasteiger partial charge >= 0.3 is 0 Å². The molecule has 0 saturated heterocycles. The fraction of sp³-hybridized carbons (Fsp3) is 0.500. The average Bonchev–Trinajstić information content (AvgIpc) is 2.42. The molecule has 0 fully saturated rings. The molecule has 0 saturated carbocycles. The second-order valence-electron chi connectivity index (χ2n) is 4.33. The van der Waals surface area contributed by atoms with Gasteiger partial charge in [-0.05, 0) is 54.4 Å². The van der Waals surface area contributed by atoms with Gasteiger partial charge in [0.1, 0.15) is 5.75 Å². The Morgan fingerprint density at radius 1 is 1.55 bits per heavy atom. The normalized spacial score (nSPS) is 12.1. The molecule has 20 heavy (non-hydrogen) atoms. The molecule has 1 rings (SSSR count). The van der Waals surface area contributed by atoms with Crippen LogP contribution < -0.4 is 4.74 Å². The molecule has 0 spiro atoms. The van der Waals surface area contributed by atoms with Crippen molar-refractivity contribution in [2.75, 3.05) is 19.7 Å². The lowest BCUT2D eigenvalue weighted by atomic mass is 10.3. The molecule has 112 valence electrons. The van der Waals surface area contributed by atoms with Crippen LogP contribution >= 0.6 is 27.5 Å². The van der Waals surface area contributed by atoms with Gasteiger partial charge < -0.3 is 14.7 Å². The lowest BCUT2D eigenvalue weighted by molar-refractivity contribution is -0.137. The van der Waals surface area contributed by atoms with Gasteiger partial charge in [-0.3, -0.25) is 4.79 Å². The second kappa shape index (κ2) is 8.49. The highest BCUT2D eigenvalue weighted by atomic mass is 79.9. The first-order valence-corrected chi connectivity index (χ1v) is 7.68. The van der Waals surface area contributed by atoms with Crippen molar-refractivity contribution in [2.24, 2.45) is 0 Å². The van der Waals surface area contributed by atoms with Gasteiger partial charge in [0, 0.05) is 24.7 Å². The molecule has 1 aromatic carbocycles. The third kappa shape index (κ3) is 4.96. The van der Waals surface area contributed by atoms with E-state index in [9.17, 15) is 4.79 Å². The number of likely N-dealkylation sites (N-methyl/N-ethyl adjacent to an activating group) is 1. The zero-order chi connectivity index (χ0) is 15.1. The van der Waals surface area contributed by atoms with E-state index in [0.717, 1.165) is 0 Å². The number of hydrogen-bond donors (Lipinski definition) is 1. The van der Waals surface area contributed by atoms with E-state index in [4.69, 9.17) is 21.4 Å². The van der Waals surface area contributed by atoms with Crippen LogP contribution in [0.2, 0.25) is 5.02 Å². The maximum absolute atomic E-state index is 12.2. The topological polar surface area (TPSA) is 49.8 Å². The number of benzene rings is 1. The number of rotatable bonds is 7. The second-order valence-corrected chi connectivity index (χ2v) is 5.62. The molecule has 0 heterocycles. The average molecular weight is 365 g/mol. The number of carbonyl (C=O) groups is 1. The molecule has 1 unspecified atom stereocenters. The number of amides is 1. The van der Waals surface area contributed by atoms with Crippen LogP contribution in [0.3, 0.4) is 0 Å². The third-order valence-corrected chi connectivity index (χ3v) is 3.68. The van der Waals surface area contributed by atoms with E-state index in [1.165, 1.54) is 0 Å². The Morgan fingerprint density at radius 3 is 2.80 bits per heavy atom. The molecule has 1 aromatic rings. The molecular formula is C14H19BrClNO3. The van der Waals surface area contributed by atoms with Crippen molar-refractivity contribution >= 4 is 33.4 Å². The monoisotopic (exact) mass is 363 g/mol. The van der Waals surface area contributed by atoms with Crippen molar-refractivity contribution in [1.29, 1.82) is 0 Å². The lowest BCUT2D eigenvalue weighted by Gasteiger charge is -2.25. The van der Waals surface area contributed by atoms with Crippen LogP contribution in [0, 0.1) is 0 Å². The number of aliphatic hydroxyl groups excluding tert-OH is 1. The Bertz CT molecular complexity index is 456. The van der Waals surface area contributed by atoms with Gasteiger partial charge in [-0.25, -0.2) is 0 Å². The van der Waals surface area contributed by atoms with Crippen molar-refractivity contribution in [3.05, 3.63) is 27.7 Å². The van der Waals surface area contributed by atoms with Crippen molar-refractivity contribution in [3.8, 4) is 5.75 Å². The number of carbonyl (C=O) groups excluding carboxylic acids is 1. The number of halogens is 2. The summed E-state index contributed by atoms with van der Waals surface area (Å²) in [6, 6.07) is 5.15. The lowest BCUT2D eigenvalue weighted by Crippen LogP contribution is -2.41. The van der Waals surface area contributed by atoms with E-state index < -0.39 is 6.10 Å². The van der Waals surface area contributed by atoms with E-state index in [0.29, 0.717) is 34.8 Å². The Morgan fingerprint density at radius 2 is 2.25 bits per heavy atom. The Hall–Kier alpha value is -0.780. The SMILES string of the molecule is CCN(CCCO)C(=O)C(C)Oc1ccc(Cl)cc1Br. The summed E-state index contributed by atoms with van der Waals surface area (Å²) in [7, 11) is 0. The van der Waals surface area contributed by atoms with E-state index in [1.807, 2.05) is 6.92 Å². The molecule has 6 heteroatoms. The summed E-state index contributed by atoms with van der Waals surface area (Å²) < 4.78 is 6.38. The summed E-state index contributed by atoms with van der Waals surface area (Å²) in [6.07, 6.45) is -0.0251. The number of hydrogen-bond acceptors (Lipinski definition) is 3. The van der Waals surface area contributed by atoms with Gasteiger partial charge in [-0.1, -0.05) is 11.6 Å². The minimum Gasteiger partial charge on any atom is -0.480 e. The quantitative estimate of drug-likeness (QED) is 0.809. The first-order chi connectivity index (χ1) is 9.49. The minimum absolute atomic E-state index is 0.0712. The van der Waals surface area contributed by atoms with Crippen molar-refractivity contribution < 1.29 is 14.6 Å². The molecular weight excluding hydrogens is 346 g/mol. The summed E-state index contributed by atoms with van der Waals surface area (Å²) in [4.78, 5) is 13.9. The Labute approximate surface area is 132 Å².